The first-order chi connectivity index (χ1) is 7.22. The molecule has 0 saturated carbocycles. The molecule has 0 aliphatic rings. The summed E-state index contributed by atoms with van der Waals surface area (Å²) in [6.45, 7) is 3.71. The Morgan fingerprint density at radius 2 is 2.07 bits per heavy atom. The van der Waals surface area contributed by atoms with Gasteiger partial charge < -0.3 is 10.1 Å². The Bertz CT molecular complexity index is 278. The molecule has 0 aliphatic heterocycles. The van der Waals surface area contributed by atoms with Gasteiger partial charge in [-0.2, -0.15) is 0 Å². The molecule has 0 saturated heterocycles. The van der Waals surface area contributed by atoms with Gasteiger partial charge in [0.1, 0.15) is 12.4 Å². The highest BCUT2D eigenvalue weighted by Crippen LogP contribution is 2.15. The predicted octanol–water partition coefficient (Wildman–Crippen LogP) is 3.13. The normalized spacial score (nSPS) is 12.5. The number of ether oxygens (including phenoxy) is 1. The largest absolute Gasteiger partial charge is 0.492 e. The van der Waals surface area contributed by atoms with Crippen LogP contribution in [0.25, 0.3) is 0 Å². The Morgan fingerprint density at radius 3 is 2.67 bits per heavy atom. The minimum Gasteiger partial charge on any atom is -0.492 e. The number of benzene rings is 1. The fourth-order valence-corrected chi connectivity index (χ4v) is 1.50. The Hall–Kier alpha value is -0.000000000000000111. The van der Waals surface area contributed by atoms with Crippen molar-refractivity contribution in [3.05, 3.63) is 29.3 Å². The first-order valence-electron chi connectivity index (χ1n) is 4.90. The fraction of sp³-hybridized carbons (Fsp3) is 0.455. The van der Waals surface area contributed by atoms with E-state index in [0.29, 0.717) is 12.6 Å². The van der Waals surface area contributed by atoms with Gasteiger partial charge in [-0.1, -0.05) is 34.2 Å². The molecule has 1 aromatic rings. The molecular weight excluding hydrogens is 324 g/mol. The zero-order chi connectivity index (χ0) is 11.1. The third-order valence-corrected chi connectivity index (χ3v) is 3.48. The molecule has 0 spiro atoms. The molecule has 0 radical (unpaired) electrons. The van der Waals surface area contributed by atoms with Gasteiger partial charge in [-0.25, -0.2) is 0 Å². The molecule has 4 heteroatoms. The van der Waals surface area contributed by atoms with Crippen molar-refractivity contribution in [3.8, 4) is 5.75 Å². The van der Waals surface area contributed by atoms with E-state index in [-0.39, 0.29) is 0 Å². The van der Waals surface area contributed by atoms with Crippen molar-refractivity contribution in [2.45, 2.75) is 13.0 Å². The van der Waals surface area contributed by atoms with Gasteiger partial charge in [-0.05, 0) is 31.2 Å². The lowest BCUT2D eigenvalue weighted by Crippen LogP contribution is -2.31. The number of nitrogens with one attached hydrogen (secondary N) is 1. The highest BCUT2D eigenvalue weighted by Gasteiger charge is 1.97. The van der Waals surface area contributed by atoms with Gasteiger partial charge in [0.15, 0.2) is 0 Å². The van der Waals surface area contributed by atoms with Crippen LogP contribution in [0.5, 0.6) is 5.75 Å². The lowest BCUT2D eigenvalue weighted by atomic mass is 10.3. The molecule has 15 heavy (non-hydrogen) atoms. The first-order valence-corrected chi connectivity index (χ1v) is 6.80. The van der Waals surface area contributed by atoms with Gasteiger partial charge in [0.05, 0.1) is 0 Å². The highest BCUT2D eigenvalue weighted by molar-refractivity contribution is 14.1. The molecule has 1 aromatic carbocycles. The van der Waals surface area contributed by atoms with Crippen molar-refractivity contribution in [1.82, 2.24) is 5.32 Å². The van der Waals surface area contributed by atoms with Gasteiger partial charge in [-0.15, -0.1) is 0 Å². The standard InChI is InChI=1S/C11H15ClINO/c1-9(8-13)14-6-7-15-11-4-2-10(12)3-5-11/h2-5,9,14H,6-8H2,1H3. The van der Waals surface area contributed by atoms with E-state index in [1.54, 1.807) is 0 Å². The quantitative estimate of drug-likeness (QED) is 0.488. The molecule has 0 amide bonds. The van der Waals surface area contributed by atoms with Crippen LogP contribution in [0, 0.1) is 0 Å². The number of alkyl halides is 1. The van der Waals surface area contributed by atoms with Crippen molar-refractivity contribution in [1.29, 1.82) is 0 Å². The molecule has 0 heterocycles. The van der Waals surface area contributed by atoms with Crippen molar-refractivity contribution in [2.24, 2.45) is 0 Å². The Kier molecular flexibility index (Phi) is 6.36. The van der Waals surface area contributed by atoms with E-state index >= 15 is 0 Å². The highest BCUT2D eigenvalue weighted by atomic mass is 127. The third-order valence-electron chi connectivity index (χ3n) is 1.91. The summed E-state index contributed by atoms with van der Waals surface area (Å²) in [5.74, 6) is 0.864. The van der Waals surface area contributed by atoms with E-state index in [2.05, 4.69) is 34.8 Å². The summed E-state index contributed by atoms with van der Waals surface area (Å²) in [6, 6.07) is 7.96. The summed E-state index contributed by atoms with van der Waals surface area (Å²) >= 11 is 8.13. The summed E-state index contributed by atoms with van der Waals surface area (Å²) in [5, 5.41) is 4.09. The topological polar surface area (TPSA) is 21.3 Å². The third kappa shape index (κ3) is 5.58. The smallest absolute Gasteiger partial charge is 0.119 e. The van der Waals surface area contributed by atoms with Crippen LogP contribution in [-0.4, -0.2) is 23.6 Å². The Balaban J connectivity index is 2.17. The van der Waals surface area contributed by atoms with Crippen molar-refractivity contribution in [2.75, 3.05) is 17.6 Å². The molecule has 0 fully saturated rings. The molecule has 0 bridgehead atoms. The van der Waals surface area contributed by atoms with E-state index in [1.165, 1.54) is 0 Å². The van der Waals surface area contributed by atoms with Crippen LogP contribution in [0.2, 0.25) is 5.02 Å². The molecule has 0 aliphatic carbocycles. The van der Waals surface area contributed by atoms with Gasteiger partial charge in [0.2, 0.25) is 0 Å². The summed E-state index contributed by atoms with van der Waals surface area (Å²) < 4.78 is 6.64. The zero-order valence-corrected chi connectivity index (χ0v) is 11.6. The predicted molar refractivity (Wildman–Crippen MR) is 73.3 cm³/mol. The first kappa shape index (κ1) is 13.1. The molecule has 1 unspecified atom stereocenters. The van der Waals surface area contributed by atoms with Crippen LogP contribution in [0.3, 0.4) is 0 Å². The maximum atomic E-state index is 5.76. The lowest BCUT2D eigenvalue weighted by molar-refractivity contribution is 0.309. The second kappa shape index (κ2) is 7.30. The second-order valence-corrected chi connectivity index (χ2v) is 4.63. The molecule has 2 nitrogen and oxygen atoms in total. The number of hydrogen-bond acceptors (Lipinski definition) is 2. The Labute approximate surface area is 109 Å². The SMILES string of the molecule is CC(CI)NCCOc1ccc(Cl)cc1. The van der Waals surface area contributed by atoms with Crippen LogP contribution in [0.1, 0.15) is 6.92 Å². The molecule has 0 aromatic heterocycles. The Morgan fingerprint density at radius 1 is 1.40 bits per heavy atom. The van der Waals surface area contributed by atoms with E-state index in [1.807, 2.05) is 24.3 Å². The van der Waals surface area contributed by atoms with E-state index in [0.717, 1.165) is 21.7 Å². The average Bonchev–Trinajstić information content (AvgIpc) is 2.26. The number of halogens is 2. The van der Waals surface area contributed by atoms with Crippen molar-refractivity contribution >= 4 is 34.2 Å². The van der Waals surface area contributed by atoms with E-state index in [4.69, 9.17) is 16.3 Å². The second-order valence-electron chi connectivity index (χ2n) is 3.31. The monoisotopic (exact) mass is 339 g/mol. The van der Waals surface area contributed by atoms with Gasteiger partial charge in [-0.3, -0.25) is 0 Å². The summed E-state index contributed by atoms with van der Waals surface area (Å²) in [5.41, 5.74) is 0. The number of rotatable bonds is 6. The summed E-state index contributed by atoms with van der Waals surface area (Å²) in [4.78, 5) is 0. The van der Waals surface area contributed by atoms with Gasteiger partial charge >= 0.3 is 0 Å². The van der Waals surface area contributed by atoms with Gasteiger partial charge in [0.25, 0.3) is 0 Å². The van der Waals surface area contributed by atoms with Crippen molar-refractivity contribution in [3.63, 3.8) is 0 Å². The van der Waals surface area contributed by atoms with E-state index < -0.39 is 0 Å². The molecule has 1 rings (SSSR count). The molecule has 1 N–H and O–H groups in total. The van der Waals surface area contributed by atoms with Crippen LogP contribution >= 0.6 is 34.2 Å². The molecule has 84 valence electrons. The average molecular weight is 340 g/mol. The van der Waals surface area contributed by atoms with Crippen molar-refractivity contribution < 1.29 is 4.74 Å². The van der Waals surface area contributed by atoms with Crippen LogP contribution in [-0.2, 0) is 0 Å². The summed E-state index contributed by atoms with van der Waals surface area (Å²) in [6.07, 6.45) is 0. The zero-order valence-electron chi connectivity index (χ0n) is 8.67. The minimum atomic E-state index is 0.541. The van der Waals surface area contributed by atoms with E-state index in [9.17, 15) is 0 Å². The lowest BCUT2D eigenvalue weighted by Gasteiger charge is -2.11. The maximum absolute atomic E-state index is 5.76. The fourth-order valence-electron chi connectivity index (χ4n) is 1.06. The van der Waals surface area contributed by atoms with Crippen LogP contribution in [0.15, 0.2) is 24.3 Å². The number of hydrogen-bond donors (Lipinski definition) is 1. The van der Waals surface area contributed by atoms with Gasteiger partial charge in [0, 0.05) is 22.0 Å². The maximum Gasteiger partial charge on any atom is 0.119 e. The van der Waals surface area contributed by atoms with Crippen LogP contribution < -0.4 is 10.1 Å². The van der Waals surface area contributed by atoms with Crippen LogP contribution in [0.4, 0.5) is 0 Å². The molecule has 1 atom stereocenters. The minimum absolute atomic E-state index is 0.541. The molecular formula is C11H15ClINO. The summed E-state index contributed by atoms with van der Waals surface area (Å²) in [7, 11) is 0.